The van der Waals surface area contributed by atoms with Crippen LogP contribution in [0.3, 0.4) is 0 Å². The Hall–Kier alpha value is -2.35. The predicted octanol–water partition coefficient (Wildman–Crippen LogP) is 1.92. The normalized spacial score (nSPS) is 22.9. The van der Waals surface area contributed by atoms with E-state index in [1.165, 1.54) is 25.0 Å². The maximum absolute atomic E-state index is 11.1. The first kappa shape index (κ1) is 16.5. The van der Waals surface area contributed by atoms with E-state index < -0.39 is 10.9 Å². The quantitative estimate of drug-likeness (QED) is 0.377. The van der Waals surface area contributed by atoms with Gasteiger partial charge in [0, 0.05) is 30.4 Å². The third-order valence-electron chi connectivity index (χ3n) is 4.73. The minimum absolute atomic E-state index is 0.00743. The predicted molar refractivity (Wildman–Crippen MR) is 89.9 cm³/mol. The number of nitrogen functional groups attached to an aromatic ring is 1. The number of nitro groups is 1. The maximum Gasteiger partial charge on any atom is 0.317 e. The summed E-state index contributed by atoms with van der Waals surface area (Å²) >= 11 is 0. The van der Waals surface area contributed by atoms with Gasteiger partial charge in [-0.3, -0.25) is 19.8 Å². The number of aliphatic carboxylic acids is 1. The van der Waals surface area contributed by atoms with Crippen molar-refractivity contribution in [2.24, 2.45) is 5.92 Å². The van der Waals surface area contributed by atoms with Gasteiger partial charge in [0.15, 0.2) is 0 Å². The van der Waals surface area contributed by atoms with Gasteiger partial charge in [0.2, 0.25) is 0 Å². The fourth-order valence-corrected chi connectivity index (χ4v) is 3.20. The average molecular weight is 334 g/mol. The number of nitro benzene ring substituents is 1. The second-order valence-corrected chi connectivity index (χ2v) is 6.77. The first-order chi connectivity index (χ1) is 11.4. The molecular formula is C16H22N4O4. The molecule has 8 heteroatoms. The first-order valence-corrected chi connectivity index (χ1v) is 8.18. The van der Waals surface area contributed by atoms with E-state index in [2.05, 4.69) is 5.32 Å². The lowest BCUT2D eigenvalue weighted by molar-refractivity contribution is -0.384. The Morgan fingerprint density at radius 3 is 2.71 bits per heavy atom. The van der Waals surface area contributed by atoms with E-state index in [4.69, 9.17) is 10.8 Å². The second-order valence-electron chi connectivity index (χ2n) is 6.77. The molecule has 1 aromatic carbocycles. The minimum atomic E-state index is -0.807. The van der Waals surface area contributed by atoms with Gasteiger partial charge >= 0.3 is 5.97 Å². The van der Waals surface area contributed by atoms with Crippen molar-refractivity contribution in [1.82, 2.24) is 4.90 Å². The molecule has 2 aliphatic rings. The van der Waals surface area contributed by atoms with Crippen molar-refractivity contribution in [2.45, 2.75) is 37.8 Å². The molecule has 0 unspecified atom stereocenters. The summed E-state index contributed by atoms with van der Waals surface area (Å²) in [6.45, 7) is 0.897. The van der Waals surface area contributed by atoms with Crippen LogP contribution < -0.4 is 11.1 Å². The lowest BCUT2D eigenvalue weighted by Crippen LogP contribution is -2.52. The van der Waals surface area contributed by atoms with E-state index in [1.54, 1.807) is 6.07 Å². The van der Waals surface area contributed by atoms with Crippen LogP contribution in [0.1, 0.15) is 25.7 Å². The average Bonchev–Trinajstić information content (AvgIpc) is 3.25. The molecule has 24 heavy (non-hydrogen) atoms. The Labute approximate surface area is 139 Å². The summed E-state index contributed by atoms with van der Waals surface area (Å²) in [5.74, 6) is -0.176. The van der Waals surface area contributed by atoms with Gasteiger partial charge < -0.3 is 16.2 Å². The molecule has 3 rings (SSSR count). The van der Waals surface area contributed by atoms with Crippen molar-refractivity contribution in [3.05, 3.63) is 28.3 Å². The van der Waals surface area contributed by atoms with Crippen LogP contribution >= 0.6 is 0 Å². The molecule has 2 aliphatic carbocycles. The van der Waals surface area contributed by atoms with Crippen LogP contribution in [0, 0.1) is 16.0 Å². The number of nitrogens with zero attached hydrogens (tertiary/aromatic N) is 2. The van der Waals surface area contributed by atoms with Crippen molar-refractivity contribution in [1.29, 1.82) is 0 Å². The number of hydrogen-bond acceptors (Lipinski definition) is 6. The molecule has 2 fully saturated rings. The number of hydrogen-bond donors (Lipinski definition) is 3. The van der Waals surface area contributed by atoms with Gasteiger partial charge in [0.1, 0.15) is 5.69 Å². The van der Waals surface area contributed by atoms with Crippen LogP contribution in [-0.4, -0.2) is 46.1 Å². The fourth-order valence-electron chi connectivity index (χ4n) is 3.20. The molecule has 0 radical (unpaired) electrons. The van der Waals surface area contributed by atoms with Crippen LogP contribution in [-0.2, 0) is 4.79 Å². The van der Waals surface area contributed by atoms with E-state index in [1.807, 2.05) is 4.90 Å². The Morgan fingerprint density at radius 1 is 1.42 bits per heavy atom. The zero-order valence-corrected chi connectivity index (χ0v) is 13.4. The van der Waals surface area contributed by atoms with E-state index in [0.29, 0.717) is 17.3 Å². The van der Waals surface area contributed by atoms with E-state index in [0.717, 1.165) is 19.4 Å². The van der Waals surface area contributed by atoms with Crippen molar-refractivity contribution in [3.8, 4) is 0 Å². The number of anilines is 2. The second kappa shape index (κ2) is 6.64. The molecule has 0 amide bonds. The molecule has 130 valence electrons. The van der Waals surface area contributed by atoms with Crippen LogP contribution in [0.4, 0.5) is 17.1 Å². The summed E-state index contributed by atoms with van der Waals surface area (Å²) in [4.78, 5) is 23.7. The highest BCUT2D eigenvalue weighted by Gasteiger charge is 2.37. The summed E-state index contributed by atoms with van der Waals surface area (Å²) in [6.07, 6.45) is 3.93. The van der Waals surface area contributed by atoms with E-state index >= 15 is 0 Å². The van der Waals surface area contributed by atoms with Crippen molar-refractivity contribution in [2.75, 3.05) is 24.1 Å². The van der Waals surface area contributed by atoms with Crippen LogP contribution in [0.5, 0.6) is 0 Å². The van der Waals surface area contributed by atoms with Crippen LogP contribution in [0.15, 0.2) is 18.2 Å². The molecule has 2 saturated carbocycles. The standard InChI is InChI=1S/C16H22N4O4/c17-11-3-4-15(20(23)24)14(5-11)18-12-6-13(7-12)19(9-16(21)22)8-10-1-2-10/h3-5,10,12-13,18H,1-2,6-9,17H2,(H,21,22). The highest BCUT2D eigenvalue weighted by atomic mass is 16.6. The Balaban J connectivity index is 1.58. The minimum Gasteiger partial charge on any atom is -0.480 e. The van der Waals surface area contributed by atoms with E-state index in [9.17, 15) is 14.9 Å². The summed E-state index contributed by atoms with van der Waals surface area (Å²) < 4.78 is 0. The van der Waals surface area contributed by atoms with Gasteiger partial charge in [-0.25, -0.2) is 0 Å². The summed E-state index contributed by atoms with van der Waals surface area (Å²) in [7, 11) is 0. The number of benzene rings is 1. The third kappa shape index (κ3) is 3.94. The molecule has 0 bridgehead atoms. The molecule has 1 aromatic rings. The lowest BCUT2D eigenvalue weighted by Gasteiger charge is -2.43. The topological polar surface area (TPSA) is 122 Å². The molecule has 8 nitrogen and oxygen atoms in total. The zero-order chi connectivity index (χ0) is 17.3. The van der Waals surface area contributed by atoms with Crippen molar-refractivity contribution < 1.29 is 14.8 Å². The molecule has 0 spiro atoms. The first-order valence-electron chi connectivity index (χ1n) is 8.18. The van der Waals surface area contributed by atoms with Gasteiger partial charge in [-0.15, -0.1) is 0 Å². The summed E-state index contributed by atoms with van der Waals surface area (Å²) in [6, 6.07) is 4.81. The molecule has 4 N–H and O–H groups in total. The number of carbonyl (C=O) groups is 1. The highest BCUT2D eigenvalue weighted by molar-refractivity contribution is 5.69. The molecular weight excluding hydrogens is 312 g/mol. The third-order valence-corrected chi connectivity index (χ3v) is 4.73. The van der Waals surface area contributed by atoms with Gasteiger partial charge in [-0.2, -0.15) is 0 Å². The van der Waals surface area contributed by atoms with Gasteiger partial charge in [-0.1, -0.05) is 0 Å². The summed E-state index contributed by atoms with van der Waals surface area (Å²) in [5.41, 5.74) is 6.63. The molecule has 0 saturated heterocycles. The van der Waals surface area contributed by atoms with Gasteiger partial charge in [-0.05, 0) is 43.7 Å². The lowest BCUT2D eigenvalue weighted by atomic mass is 9.85. The zero-order valence-electron chi connectivity index (χ0n) is 13.4. The SMILES string of the molecule is Nc1ccc([N+](=O)[O-])c(NC2CC(N(CC(=O)O)CC3CC3)C2)c1. The number of nitrogens with two attached hydrogens (primary N) is 1. The van der Waals surface area contributed by atoms with Gasteiger partial charge in [0.05, 0.1) is 11.5 Å². The maximum atomic E-state index is 11.1. The number of nitrogens with one attached hydrogen (secondary N) is 1. The van der Waals surface area contributed by atoms with E-state index in [-0.39, 0.29) is 24.3 Å². The smallest absolute Gasteiger partial charge is 0.317 e. The van der Waals surface area contributed by atoms with Gasteiger partial charge in [0.25, 0.3) is 5.69 Å². The highest BCUT2D eigenvalue weighted by Crippen LogP contribution is 2.36. The number of carboxylic acid groups (broad SMARTS) is 1. The Morgan fingerprint density at radius 2 is 2.12 bits per heavy atom. The number of rotatable bonds is 8. The largest absolute Gasteiger partial charge is 0.480 e. The van der Waals surface area contributed by atoms with Crippen LogP contribution in [0.2, 0.25) is 0 Å². The van der Waals surface area contributed by atoms with Crippen LogP contribution in [0.25, 0.3) is 0 Å². The monoisotopic (exact) mass is 334 g/mol. The Kier molecular flexibility index (Phi) is 4.57. The molecule has 0 atom stereocenters. The molecule has 0 aliphatic heterocycles. The number of carboxylic acids is 1. The molecule has 0 heterocycles. The summed E-state index contributed by atoms with van der Waals surface area (Å²) in [5, 5.41) is 23.3. The van der Waals surface area contributed by atoms with Crippen molar-refractivity contribution >= 4 is 23.0 Å². The molecule has 0 aromatic heterocycles. The fraction of sp³-hybridized carbons (Fsp3) is 0.562. The Bertz CT molecular complexity index is 641. The van der Waals surface area contributed by atoms with Crippen molar-refractivity contribution in [3.63, 3.8) is 0 Å².